The summed E-state index contributed by atoms with van der Waals surface area (Å²) in [6, 6.07) is 0. The highest BCUT2D eigenvalue weighted by molar-refractivity contribution is 7.89. The van der Waals surface area contributed by atoms with E-state index in [9.17, 15) is 8.42 Å². The van der Waals surface area contributed by atoms with Crippen LogP contribution in [0, 0.1) is 5.92 Å². The van der Waals surface area contributed by atoms with Crippen LogP contribution < -0.4 is 4.89 Å². The van der Waals surface area contributed by atoms with E-state index in [-0.39, 0.29) is 5.75 Å². The van der Waals surface area contributed by atoms with E-state index in [1.54, 1.807) is 0 Å². The maximum atomic E-state index is 11.7. The molecule has 1 N–H and O–H groups in total. The van der Waals surface area contributed by atoms with Crippen molar-refractivity contribution < 1.29 is 13.3 Å². The monoisotopic (exact) mass is 249 g/mol. The van der Waals surface area contributed by atoms with Crippen LogP contribution in [-0.2, 0) is 14.9 Å². The standard InChI is InChI=1S/C11H23NO3S/c1-11(2,3)15-12-16(13,14)9-10-7-5-4-6-8-10/h10,12H,4-9H2,1-3H3. The molecule has 4 nitrogen and oxygen atoms in total. The van der Waals surface area contributed by atoms with Crippen LogP contribution in [0.4, 0.5) is 0 Å². The fraction of sp³-hybridized carbons (Fsp3) is 1.00. The van der Waals surface area contributed by atoms with Gasteiger partial charge in [-0.15, -0.1) is 0 Å². The van der Waals surface area contributed by atoms with Crippen molar-refractivity contribution in [2.45, 2.75) is 58.5 Å². The van der Waals surface area contributed by atoms with Gasteiger partial charge in [-0.3, -0.25) is 4.84 Å². The Labute approximate surface area is 98.8 Å². The van der Waals surface area contributed by atoms with Gasteiger partial charge in [-0.05, 0) is 39.5 Å². The van der Waals surface area contributed by atoms with Crippen LogP contribution in [0.1, 0.15) is 52.9 Å². The number of nitrogens with one attached hydrogen (secondary N) is 1. The first-order valence-corrected chi connectivity index (χ1v) is 7.61. The molecular weight excluding hydrogens is 226 g/mol. The second kappa shape index (κ2) is 5.47. The summed E-state index contributed by atoms with van der Waals surface area (Å²) in [5.41, 5.74) is -0.486. The fourth-order valence-corrected chi connectivity index (χ4v) is 3.29. The topological polar surface area (TPSA) is 55.4 Å². The van der Waals surface area contributed by atoms with Crippen molar-refractivity contribution in [1.29, 1.82) is 0 Å². The highest BCUT2D eigenvalue weighted by atomic mass is 32.2. The van der Waals surface area contributed by atoms with E-state index >= 15 is 0 Å². The number of hydrogen-bond acceptors (Lipinski definition) is 3. The molecule has 1 aliphatic rings. The summed E-state index contributed by atoms with van der Waals surface area (Å²) < 4.78 is 23.4. The van der Waals surface area contributed by atoms with Crippen LogP contribution in [0.3, 0.4) is 0 Å². The predicted molar refractivity (Wildman–Crippen MR) is 64.3 cm³/mol. The van der Waals surface area contributed by atoms with Crippen LogP contribution in [0.15, 0.2) is 0 Å². The first-order chi connectivity index (χ1) is 7.29. The molecule has 0 heterocycles. The van der Waals surface area contributed by atoms with Crippen LogP contribution in [-0.4, -0.2) is 19.8 Å². The van der Waals surface area contributed by atoms with Gasteiger partial charge in [0.05, 0.1) is 11.4 Å². The van der Waals surface area contributed by atoms with Gasteiger partial charge in [0.2, 0.25) is 10.0 Å². The van der Waals surface area contributed by atoms with Gasteiger partial charge in [-0.25, -0.2) is 8.42 Å². The maximum Gasteiger partial charge on any atom is 0.233 e. The lowest BCUT2D eigenvalue weighted by Crippen LogP contribution is -2.36. The highest BCUT2D eigenvalue weighted by Gasteiger charge is 2.23. The molecule has 1 saturated carbocycles. The minimum absolute atomic E-state index is 0.198. The maximum absolute atomic E-state index is 11.7. The Kier molecular flexibility index (Phi) is 4.76. The Balaban J connectivity index is 2.38. The molecule has 0 unspecified atom stereocenters. The fourth-order valence-electron chi connectivity index (χ4n) is 1.89. The molecular formula is C11H23NO3S. The lowest BCUT2D eigenvalue weighted by Gasteiger charge is -2.23. The third-order valence-electron chi connectivity index (χ3n) is 2.65. The van der Waals surface area contributed by atoms with Crippen molar-refractivity contribution in [3.05, 3.63) is 0 Å². The summed E-state index contributed by atoms with van der Waals surface area (Å²) in [6.45, 7) is 5.45. The van der Waals surface area contributed by atoms with Gasteiger partial charge in [0.25, 0.3) is 0 Å². The summed E-state index contributed by atoms with van der Waals surface area (Å²) in [7, 11) is -3.29. The quantitative estimate of drug-likeness (QED) is 0.777. The van der Waals surface area contributed by atoms with Crippen molar-refractivity contribution in [3.63, 3.8) is 0 Å². The molecule has 16 heavy (non-hydrogen) atoms. The summed E-state index contributed by atoms with van der Waals surface area (Å²) in [5.74, 6) is 0.498. The molecule has 1 rings (SSSR count). The van der Waals surface area contributed by atoms with E-state index in [0.717, 1.165) is 25.7 Å². The average molecular weight is 249 g/mol. The van der Waals surface area contributed by atoms with E-state index in [2.05, 4.69) is 4.89 Å². The summed E-state index contributed by atoms with van der Waals surface area (Å²) in [5, 5.41) is 0. The smallest absolute Gasteiger partial charge is 0.233 e. The van der Waals surface area contributed by atoms with Gasteiger partial charge in [0.15, 0.2) is 0 Å². The van der Waals surface area contributed by atoms with Crippen molar-refractivity contribution in [1.82, 2.24) is 4.89 Å². The second-order valence-corrected chi connectivity index (χ2v) is 7.31. The Hall–Kier alpha value is -0.130. The van der Waals surface area contributed by atoms with Crippen molar-refractivity contribution in [2.24, 2.45) is 5.92 Å². The molecule has 0 aromatic heterocycles. The van der Waals surface area contributed by atoms with Gasteiger partial charge in [-0.1, -0.05) is 24.1 Å². The summed E-state index contributed by atoms with van der Waals surface area (Å²) >= 11 is 0. The van der Waals surface area contributed by atoms with Crippen LogP contribution in [0.5, 0.6) is 0 Å². The van der Waals surface area contributed by atoms with Gasteiger partial charge in [-0.2, -0.15) is 0 Å². The first-order valence-electron chi connectivity index (χ1n) is 5.96. The lowest BCUT2D eigenvalue weighted by atomic mass is 9.91. The molecule has 0 aromatic rings. The van der Waals surface area contributed by atoms with E-state index in [4.69, 9.17) is 4.84 Å². The lowest BCUT2D eigenvalue weighted by molar-refractivity contribution is -0.0359. The largest absolute Gasteiger partial charge is 0.281 e. The zero-order chi connectivity index (χ0) is 12.2. The van der Waals surface area contributed by atoms with Crippen LogP contribution in [0.2, 0.25) is 0 Å². The van der Waals surface area contributed by atoms with E-state index in [1.165, 1.54) is 6.42 Å². The molecule has 0 radical (unpaired) electrons. The Morgan fingerprint density at radius 2 is 1.75 bits per heavy atom. The normalized spacial score (nSPS) is 19.9. The molecule has 0 spiro atoms. The zero-order valence-electron chi connectivity index (χ0n) is 10.5. The first kappa shape index (κ1) is 13.9. The van der Waals surface area contributed by atoms with Gasteiger partial charge in [0.1, 0.15) is 0 Å². The van der Waals surface area contributed by atoms with E-state index in [0.29, 0.717) is 5.92 Å². The number of hydrogen-bond donors (Lipinski definition) is 1. The highest BCUT2D eigenvalue weighted by Crippen LogP contribution is 2.24. The SMILES string of the molecule is CC(C)(C)ONS(=O)(=O)CC1CCCCC1. The van der Waals surface area contributed by atoms with Crippen LogP contribution in [0.25, 0.3) is 0 Å². The molecule has 96 valence electrons. The van der Waals surface area contributed by atoms with Gasteiger partial charge >= 0.3 is 0 Å². The van der Waals surface area contributed by atoms with Gasteiger partial charge < -0.3 is 0 Å². The number of sulfonamides is 1. The third kappa shape index (κ3) is 5.82. The molecule has 0 aromatic carbocycles. The molecule has 1 fully saturated rings. The third-order valence-corrected chi connectivity index (χ3v) is 3.90. The summed E-state index contributed by atoms with van der Waals surface area (Å²) in [6.07, 6.45) is 5.59. The van der Waals surface area contributed by atoms with Crippen LogP contribution >= 0.6 is 0 Å². The summed E-state index contributed by atoms with van der Waals surface area (Å²) in [4.78, 5) is 7.32. The Bertz CT molecular complexity index is 300. The molecule has 1 aliphatic carbocycles. The van der Waals surface area contributed by atoms with Gasteiger partial charge in [0, 0.05) is 0 Å². The molecule has 0 amide bonds. The van der Waals surface area contributed by atoms with Crippen molar-refractivity contribution in [3.8, 4) is 0 Å². The van der Waals surface area contributed by atoms with E-state index in [1.807, 2.05) is 20.8 Å². The van der Waals surface area contributed by atoms with Crippen molar-refractivity contribution in [2.75, 3.05) is 5.75 Å². The van der Waals surface area contributed by atoms with Crippen molar-refractivity contribution >= 4 is 10.0 Å². The predicted octanol–water partition coefficient (Wildman–Crippen LogP) is 2.22. The number of rotatable bonds is 4. The minimum Gasteiger partial charge on any atom is -0.281 e. The molecule has 5 heteroatoms. The minimum atomic E-state index is -3.29. The Morgan fingerprint density at radius 3 is 2.25 bits per heavy atom. The average Bonchev–Trinajstić information content (AvgIpc) is 2.15. The molecule has 0 bridgehead atoms. The zero-order valence-corrected chi connectivity index (χ0v) is 11.3. The molecule has 0 aliphatic heterocycles. The Morgan fingerprint density at radius 1 is 1.19 bits per heavy atom. The van der Waals surface area contributed by atoms with E-state index < -0.39 is 15.6 Å². The molecule has 0 saturated heterocycles. The second-order valence-electron chi connectivity index (χ2n) is 5.58. The molecule has 0 atom stereocenters.